The van der Waals surface area contributed by atoms with Gasteiger partial charge in [0, 0.05) is 12.8 Å². The molecule has 0 aromatic carbocycles. The molecule has 3 N–H and O–H groups in total. The topological polar surface area (TPSA) is 95.9 Å². The van der Waals surface area contributed by atoms with Crippen LogP contribution in [-0.4, -0.2) is 47.4 Å². The first-order chi connectivity index (χ1) is 37.5. The van der Waals surface area contributed by atoms with Crippen LogP contribution in [0, 0.1) is 0 Å². The second-order valence-corrected chi connectivity index (χ2v) is 23.5. The molecular formula is C70H133NO5. The van der Waals surface area contributed by atoms with Gasteiger partial charge in [0.15, 0.2) is 0 Å². The van der Waals surface area contributed by atoms with Crippen molar-refractivity contribution in [2.24, 2.45) is 0 Å². The number of amides is 1. The molecule has 0 heterocycles. The average molecular weight is 1070 g/mol. The number of ether oxygens (including phenoxy) is 1. The molecule has 0 spiro atoms. The summed E-state index contributed by atoms with van der Waals surface area (Å²) in [4.78, 5) is 24.6. The highest BCUT2D eigenvalue weighted by atomic mass is 16.5. The summed E-state index contributed by atoms with van der Waals surface area (Å²) in [6.07, 6.45) is 83.2. The molecule has 0 radical (unpaired) electrons. The monoisotopic (exact) mass is 1070 g/mol. The van der Waals surface area contributed by atoms with E-state index in [4.69, 9.17) is 4.74 Å². The van der Waals surface area contributed by atoms with Crippen LogP contribution in [0.4, 0.5) is 0 Å². The number of unbranched alkanes of at least 4 members (excludes halogenated alkanes) is 47. The molecule has 76 heavy (non-hydrogen) atoms. The van der Waals surface area contributed by atoms with E-state index in [1.54, 1.807) is 0 Å². The lowest BCUT2D eigenvalue weighted by atomic mass is 10.0. The van der Waals surface area contributed by atoms with Crippen LogP contribution in [0.5, 0.6) is 0 Å². The molecule has 0 bridgehead atoms. The standard InChI is InChI=1S/C70H133NO5/c1-3-5-7-9-11-13-15-17-19-20-21-22-26-29-32-35-38-42-46-50-54-58-62-68(73)67(66-72)71-69(74)63-59-55-51-47-43-39-36-33-30-27-24-23-25-28-31-34-37-41-45-49-53-57-61-65-76-70(75)64-60-56-52-48-44-40-18-16-14-12-10-8-6-4-2/h16,18,23,25,27,30,67-68,72-73H,3-15,17,19-22,24,26,28-29,31-66H2,1-2H3,(H,71,74)/b18-16-,25-23-,30-27-. The van der Waals surface area contributed by atoms with Gasteiger partial charge in [-0.3, -0.25) is 9.59 Å². The van der Waals surface area contributed by atoms with Crippen molar-refractivity contribution in [3.05, 3.63) is 36.5 Å². The Morgan fingerprint density at radius 2 is 0.658 bits per heavy atom. The van der Waals surface area contributed by atoms with Gasteiger partial charge in [-0.25, -0.2) is 0 Å². The maximum atomic E-state index is 12.5. The summed E-state index contributed by atoms with van der Waals surface area (Å²) < 4.78 is 5.48. The van der Waals surface area contributed by atoms with Gasteiger partial charge >= 0.3 is 5.97 Å². The van der Waals surface area contributed by atoms with Crippen molar-refractivity contribution in [3.8, 4) is 0 Å². The van der Waals surface area contributed by atoms with Crippen molar-refractivity contribution >= 4 is 11.9 Å². The number of aliphatic hydroxyl groups excluding tert-OH is 2. The molecule has 0 saturated carbocycles. The molecular weight excluding hydrogens is 935 g/mol. The number of esters is 1. The van der Waals surface area contributed by atoms with Gasteiger partial charge < -0.3 is 20.3 Å². The first kappa shape index (κ1) is 74.1. The van der Waals surface area contributed by atoms with E-state index in [0.29, 0.717) is 25.9 Å². The molecule has 1 amide bonds. The predicted molar refractivity (Wildman–Crippen MR) is 333 cm³/mol. The van der Waals surface area contributed by atoms with Gasteiger partial charge in [-0.15, -0.1) is 0 Å². The molecule has 0 rings (SSSR count). The third-order valence-electron chi connectivity index (χ3n) is 15.9. The van der Waals surface area contributed by atoms with Gasteiger partial charge in [-0.2, -0.15) is 0 Å². The zero-order valence-corrected chi connectivity index (χ0v) is 51.3. The molecule has 6 nitrogen and oxygen atoms in total. The van der Waals surface area contributed by atoms with Crippen molar-refractivity contribution in [1.82, 2.24) is 5.32 Å². The molecule has 0 saturated heterocycles. The van der Waals surface area contributed by atoms with E-state index in [0.717, 1.165) is 57.8 Å². The summed E-state index contributed by atoms with van der Waals surface area (Å²) >= 11 is 0. The third kappa shape index (κ3) is 61.3. The zero-order valence-electron chi connectivity index (χ0n) is 51.3. The Kier molecular flexibility index (Phi) is 63.9. The Hall–Kier alpha value is -1.92. The van der Waals surface area contributed by atoms with Crippen LogP contribution in [0.2, 0.25) is 0 Å². The highest BCUT2D eigenvalue weighted by Gasteiger charge is 2.20. The van der Waals surface area contributed by atoms with Gasteiger partial charge in [0.25, 0.3) is 0 Å². The van der Waals surface area contributed by atoms with Gasteiger partial charge in [0.2, 0.25) is 5.91 Å². The van der Waals surface area contributed by atoms with E-state index in [-0.39, 0.29) is 18.5 Å². The smallest absolute Gasteiger partial charge is 0.305 e. The fraction of sp³-hybridized carbons (Fsp3) is 0.886. The number of carbonyl (C=O) groups is 2. The number of hydrogen-bond donors (Lipinski definition) is 3. The van der Waals surface area contributed by atoms with E-state index < -0.39 is 12.1 Å². The molecule has 6 heteroatoms. The minimum Gasteiger partial charge on any atom is -0.466 e. The molecule has 0 aromatic rings. The van der Waals surface area contributed by atoms with Gasteiger partial charge in [-0.05, 0) is 83.5 Å². The number of carbonyl (C=O) groups excluding carboxylic acids is 2. The maximum absolute atomic E-state index is 12.5. The summed E-state index contributed by atoms with van der Waals surface area (Å²) in [7, 11) is 0. The van der Waals surface area contributed by atoms with Gasteiger partial charge in [0.1, 0.15) is 0 Å². The Balaban J connectivity index is 3.45. The molecule has 0 fully saturated rings. The number of aliphatic hydroxyl groups is 2. The third-order valence-corrected chi connectivity index (χ3v) is 15.9. The lowest BCUT2D eigenvalue weighted by Crippen LogP contribution is -2.45. The van der Waals surface area contributed by atoms with Crippen molar-refractivity contribution in [2.45, 2.75) is 386 Å². The largest absolute Gasteiger partial charge is 0.466 e. The first-order valence-electron chi connectivity index (χ1n) is 34.2. The van der Waals surface area contributed by atoms with Crippen molar-refractivity contribution in [3.63, 3.8) is 0 Å². The Labute approximate surface area is 474 Å². The Morgan fingerprint density at radius 1 is 0.368 bits per heavy atom. The van der Waals surface area contributed by atoms with Crippen LogP contribution in [0.1, 0.15) is 373 Å². The number of rotatable bonds is 64. The Bertz CT molecular complexity index is 1230. The summed E-state index contributed by atoms with van der Waals surface area (Å²) in [5.41, 5.74) is 0. The van der Waals surface area contributed by atoms with Crippen LogP contribution in [0.3, 0.4) is 0 Å². The molecule has 0 aromatic heterocycles. The zero-order chi connectivity index (χ0) is 55.0. The van der Waals surface area contributed by atoms with E-state index in [9.17, 15) is 19.8 Å². The quantitative estimate of drug-likeness (QED) is 0.0320. The van der Waals surface area contributed by atoms with Crippen molar-refractivity contribution < 1.29 is 24.5 Å². The highest BCUT2D eigenvalue weighted by Crippen LogP contribution is 2.18. The number of hydrogen-bond acceptors (Lipinski definition) is 5. The van der Waals surface area contributed by atoms with Crippen molar-refractivity contribution in [1.29, 1.82) is 0 Å². The first-order valence-corrected chi connectivity index (χ1v) is 34.2. The summed E-state index contributed by atoms with van der Waals surface area (Å²) in [6.45, 7) is 4.96. The van der Waals surface area contributed by atoms with Crippen LogP contribution in [0.15, 0.2) is 36.5 Å². The molecule has 2 unspecified atom stereocenters. The number of nitrogens with one attached hydrogen (secondary N) is 1. The van der Waals surface area contributed by atoms with Crippen LogP contribution < -0.4 is 5.32 Å². The minimum absolute atomic E-state index is 0.00100. The summed E-state index contributed by atoms with van der Waals surface area (Å²) in [6, 6.07) is -0.551. The second-order valence-electron chi connectivity index (χ2n) is 23.5. The van der Waals surface area contributed by atoms with Gasteiger partial charge in [-0.1, -0.05) is 314 Å². The SMILES string of the molecule is CCCCCCC/C=C\CCCCCCCC(=O)OCCCCCCCCCCC/C=C\C/C=C\CCCCCCCCCC(=O)NC(CO)C(O)CCCCCCCCCCCCCCCCCCCCCCCC. The van der Waals surface area contributed by atoms with Gasteiger partial charge in [0.05, 0.1) is 25.4 Å². The molecule has 448 valence electrons. The lowest BCUT2D eigenvalue weighted by molar-refractivity contribution is -0.143. The fourth-order valence-electron chi connectivity index (χ4n) is 10.7. The lowest BCUT2D eigenvalue weighted by Gasteiger charge is -2.22. The predicted octanol–water partition coefficient (Wildman–Crippen LogP) is 21.9. The average Bonchev–Trinajstić information content (AvgIpc) is 3.42. The molecule has 2 atom stereocenters. The summed E-state index contributed by atoms with van der Waals surface area (Å²) in [5, 5.41) is 23.4. The highest BCUT2D eigenvalue weighted by molar-refractivity contribution is 5.76. The number of allylic oxidation sites excluding steroid dienone is 6. The normalized spacial score (nSPS) is 12.7. The fourth-order valence-corrected chi connectivity index (χ4v) is 10.7. The van der Waals surface area contributed by atoms with Crippen LogP contribution in [0.25, 0.3) is 0 Å². The van der Waals surface area contributed by atoms with Crippen molar-refractivity contribution in [2.75, 3.05) is 13.2 Å². The minimum atomic E-state index is -0.673. The maximum Gasteiger partial charge on any atom is 0.305 e. The van der Waals surface area contributed by atoms with E-state index in [1.807, 2.05) is 0 Å². The van der Waals surface area contributed by atoms with E-state index in [1.165, 1.54) is 283 Å². The second kappa shape index (κ2) is 65.6. The molecule has 0 aliphatic rings. The summed E-state index contributed by atoms with van der Waals surface area (Å²) in [5.74, 6) is -0.0429. The molecule has 0 aliphatic heterocycles. The van der Waals surface area contributed by atoms with Crippen LogP contribution in [-0.2, 0) is 14.3 Å². The van der Waals surface area contributed by atoms with E-state index >= 15 is 0 Å². The van der Waals surface area contributed by atoms with Crippen LogP contribution >= 0.6 is 0 Å². The van der Waals surface area contributed by atoms with E-state index in [2.05, 4.69) is 55.6 Å². The molecule has 0 aliphatic carbocycles. The Morgan fingerprint density at radius 3 is 1.01 bits per heavy atom.